The monoisotopic (exact) mass is 285 g/mol. The lowest BCUT2D eigenvalue weighted by molar-refractivity contribution is -0.944. The second-order valence-corrected chi connectivity index (χ2v) is 6.29. The van der Waals surface area contributed by atoms with Crippen LogP contribution in [0.15, 0.2) is 29.1 Å². The number of H-pyrrole nitrogens is 1. The van der Waals surface area contributed by atoms with E-state index in [1.165, 1.54) is 32.2 Å². The van der Waals surface area contributed by atoms with Gasteiger partial charge in [0, 0.05) is 16.6 Å². The molecule has 112 valence electrons. The summed E-state index contributed by atoms with van der Waals surface area (Å²) in [6.07, 6.45) is 5.14. The van der Waals surface area contributed by atoms with Gasteiger partial charge in [-0.2, -0.15) is 0 Å². The molecule has 2 unspecified atom stereocenters. The van der Waals surface area contributed by atoms with E-state index in [0.29, 0.717) is 6.04 Å². The fourth-order valence-electron chi connectivity index (χ4n) is 3.72. The Labute approximate surface area is 126 Å². The third-order valence-electron chi connectivity index (χ3n) is 5.00. The van der Waals surface area contributed by atoms with Crippen molar-refractivity contribution in [3.8, 4) is 0 Å². The predicted octanol–water partition coefficient (Wildman–Crippen LogP) is 2.18. The molecule has 1 aliphatic heterocycles. The highest BCUT2D eigenvalue weighted by atomic mass is 16.1. The van der Waals surface area contributed by atoms with E-state index in [9.17, 15) is 4.79 Å². The van der Waals surface area contributed by atoms with E-state index in [0.717, 1.165) is 28.7 Å². The average Bonchev–Trinajstić information content (AvgIpc) is 2.52. The zero-order valence-electron chi connectivity index (χ0n) is 13.0. The van der Waals surface area contributed by atoms with Crippen molar-refractivity contribution in [1.82, 2.24) is 4.98 Å². The zero-order valence-corrected chi connectivity index (χ0v) is 13.0. The predicted molar refractivity (Wildman–Crippen MR) is 86.8 cm³/mol. The lowest BCUT2D eigenvalue weighted by atomic mass is 9.98. The molecule has 21 heavy (non-hydrogen) atoms. The summed E-state index contributed by atoms with van der Waals surface area (Å²) in [5.41, 5.74) is 3.18. The van der Waals surface area contributed by atoms with Crippen LogP contribution in [-0.2, 0) is 6.54 Å². The number of aryl methyl sites for hydroxylation is 1. The van der Waals surface area contributed by atoms with Crippen LogP contribution < -0.4 is 10.3 Å². The first-order valence-electron chi connectivity index (χ1n) is 8.15. The molecule has 2 aromatic rings. The van der Waals surface area contributed by atoms with E-state index in [-0.39, 0.29) is 5.43 Å². The molecule has 1 saturated heterocycles. The smallest absolute Gasteiger partial charge is 0.198 e. The number of hydrogen-bond acceptors (Lipinski definition) is 1. The number of pyridine rings is 1. The average molecular weight is 285 g/mol. The maximum Gasteiger partial charge on any atom is 0.198 e. The van der Waals surface area contributed by atoms with Gasteiger partial charge in [0.2, 0.25) is 0 Å². The first-order chi connectivity index (χ1) is 10.2. The topological polar surface area (TPSA) is 37.3 Å². The molecule has 0 aliphatic carbocycles. The number of rotatable bonds is 3. The van der Waals surface area contributed by atoms with Crippen LogP contribution in [0.5, 0.6) is 0 Å². The van der Waals surface area contributed by atoms with Crippen LogP contribution in [0.4, 0.5) is 0 Å². The number of fused-ring (bicyclic) bond motifs is 1. The highest BCUT2D eigenvalue weighted by Gasteiger charge is 2.26. The van der Waals surface area contributed by atoms with Crippen molar-refractivity contribution in [3.05, 3.63) is 45.7 Å². The number of piperidine rings is 1. The number of para-hydroxylation sites is 1. The van der Waals surface area contributed by atoms with Gasteiger partial charge in [-0.3, -0.25) is 4.79 Å². The molecule has 0 bridgehead atoms. The molecule has 2 atom stereocenters. The van der Waals surface area contributed by atoms with Gasteiger partial charge in [0.1, 0.15) is 6.54 Å². The minimum Gasteiger partial charge on any atom is -0.358 e. The summed E-state index contributed by atoms with van der Waals surface area (Å²) >= 11 is 0. The van der Waals surface area contributed by atoms with Gasteiger partial charge in [0.25, 0.3) is 0 Å². The number of hydrogen-bond donors (Lipinski definition) is 2. The van der Waals surface area contributed by atoms with E-state index in [1.807, 2.05) is 31.2 Å². The van der Waals surface area contributed by atoms with Crippen molar-refractivity contribution in [2.45, 2.75) is 52.1 Å². The van der Waals surface area contributed by atoms with Gasteiger partial charge in [-0.05, 0) is 44.7 Å². The third-order valence-corrected chi connectivity index (χ3v) is 5.00. The van der Waals surface area contributed by atoms with Crippen LogP contribution >= 0.6 is 0 Å². The molecule has 0 spiro atoms. The maximum absolute atomic E-state index is 12.8. The van der Waals surface area contributed by atoms with E-state index in [4.69, 9.17) is 0 Å². The zero-order chi connectivity index (χ0) is 14.8. The van der Waals surface area contributed by atoms with Crippen LogP contribution in [0.3, 0.4) is 0 Å². The highest BCUT2D eigenvalue weighted by molar-refractivity contribution is 5.79. The molecule has 1 aromatic carbocycles. The minimum absolute atomic E-state index is 0.217. The molecule has 0 radical (unpaired) electrons. The number of nitrogens with one attached hydrogen (secondary N) is 2. The minimum atomic E-state index is 0.217. The number of likely N-dealkylation sites (tertiary alicyclic amines) is 1. The molecule has 3 rings (SSSR count). The Hall–Kier alpha value is -1.61. The van der Waals surface area contributed by atoms with E-state index in [2.05, 4.69) is 11.9 Å². The van der Waals surface area contributed by atoms with Crippen LogP contribution in [-0.4, -0.2) is 17.6 Å². The molecule has 2 N–H and O–H groups in total. The number of quaternary nitrogens is 1. The van der Waals surface area contributed by atoms with E-state index in [1.54, 1.807) is 4.90 Å². The van der Waals surface area contributed by atoms with Crippen molar-refractivity contribution >= 4 is 10.9 Å². The molecule has 3 nitrogen and oxygen atoms in total. The summed E-state index contributed by atoms with van der Waals surface area (Å²) in [5, 5.41) is 0.822. The highest BCUT2D eigenvalue weighted by Crippen LogP contribution is 2.11. The number of aromatic amines is 1. The Kier molecular flexibility index (Phi) is 4.11. The summed E-state index contributed by atoms with van der Waals surface area (Å²) in [6, 6.07) is 8.54. The standard InChI is InChI=1S/C18H24N2O/c1-3-14-8-6-7-11-20(14)12-16-13(2)19-17-10-5-4-9-15(17)18(16)21/h4-5,9-10,14H,3,6-8,11-12H2,1-2H3,(H,19,21)/p+1. The Morgan fingerprint density at radius 2 is 2.10 bits per heavy atom. The molecule has 3 heteroatoms. The first kappa shape index (κ1) is 14.3. The summed E-state index contributed by atoms with van der Waals surface area (Å²) in [4.78, 5) is 17.8. The molecule has 0 saturated carbocycles. The van der Waals surface area contributed by atoms with E-state index < -0.39 is 0 Å². The van der Waals surface area contributed by atoms with Crippen LogP contribution in [0.25, 0.3) is 10.9 Å². The van der Waals surface area contributed by atoms with Crippen molar-refractivity contribution in [1.29, 1.82) is 0 Å². The fourth-order valence-corrected chi connectivity index (χ4v) is 3.72. The Bertz CT molecular complexity index is 689. The van der Waals surface area contributed by atoms with Gasteiger partial charge in [-0.1, -0.05) is 19.1 Å². The summed E-state index contributed by atoms with van der Waals surface area (Å²) < 4.78 is 0. The summed E-state index contributed by atoms with van der Waals surface area (Å²) in [7, 11) is 0. The van der Waals surface area contributed by atoms with Crippen LogP contribution in [0.1, 0.15) is 43.9 Å². The van der Waals surface area contributed by atoms with Crippen molar-refractivity contribution in [2.75, 3.05) is 6.54 Å². The van der Waals surface area contributed by atoms with Crippen molar-refractivity contribution < 1.29 is 4.90 Å². The number of benzene rings is 1. The lowest BCUT2D eigenvalue weighted by Crippen LogP contribution is -3.15. The van der Waals surface area contributed by atoms with Gasteiger partial charge >= 0.3 is 0 Å². The summed E-state index contributed by atoms with van der Waals surface area (Å²) in [6.45, 7) is 6.37. The van der Waals surface area contributed by atoms with Gasteiger partial charge < -0.3 is 9.88 Å². The van der Waals surface area contributed by atoms with Crippen molar-refractivity contribution in [3.63, 3.8) is 0 Å². The Balaban J connectivity index is 1.98. The van der Waals surface area contributed by atoms with Crippen LogP contribution in [0.2, 0.25) is 0 Å². The molecule has 1 fully saturated rings. The van der Waals surface area contributed by atoms with Gasteiger partial charge in [0.15, 0.2) is 5.43 Å². The molecular formula is C18H25N2O+. The SMILES string of the molecule is CCC1CCCC[NH+]1Cc1c(C)[nH]c2ccccc2c1=O. The normalized spacial score (nSPS) is 22.6. The Morgan fingerprint density at radius 1 is 1.29 bits per heavy atom. The molecule has 1 aromatic heterocycles. The second-order valence-electron chi connectivity index (χ2n) is 6.29. The molecule has 0 amide bonds. The lowest BCUT2D eigenvalue weighted by Gasteiger charge is -2.32. The first-order valence-corrected chi connectivity index (χ1v) is 8.15. The van der Waals surface area contributed by atoms with Gasteiger partial charge in [0.05, 0.1) is 18.2 Å². The largest absolute Gasteiger partial charge is 0.358 e. The third kappa shape index (κ3) is 2.75. The quantitative estimate of drug-likeness (QED) is 0.891. The molecular weight excluding hydrogens is 260 g/mol. The summed E-state index contributed by atoms with van der Waals surface area (Å²) in [5.74, 6) is 0. The fraction of sp³-hybridized carbons (Fsp3) is 0.500. The Morgan fingerprint density at radius 3 is 2.90 bits per heavy atom. The maximum atomic E-state index is 12.8. The van der Waals surface area contributed by atoms with Crippen LogP contribution in [0, 0.1) is 6.92 Å². The second kappa shape index (κ2) is 6.02. The van der Waals surface area contributed by atoms with Gasteiger partial charge in [-0.25, -0.2) is 0 Å². The number of aromatic nitrogens is 1. The van der Waals surface area contributed by atoms with Crippen molar-refractivity contribution in [2.24, 2.45) is 0 Å². The molecule has 2 heterocycles. The van der Waals surface area contributed by atoms with Gasteiger partial charge in [-0.15, -0.1) is 0 Å². The molecule has 1 aliphatic rings. The van der Waals surface area contributed by atoms with E-state index >= 15 is 0 Å².